The lowest BCUT2D eigenvalue weighted by Crippen LogP contribution is -2.33. The lowest BCUT2D eigenvalue weighted by Gasteiger charge is -2.26. The second-order valence-electron chi connectivity index (χ2n) is 5.97. The first-order valence-corrected chi connectivity index (χ1v) is 9.10. The van der Waals surface area contributed by atoms with Gasteiger partial charge >= 0.3 is 0 Å². The van der Waals surface area contributed by atoms with Gasteiger partial charge in [0.25, 0.3) is 0 Å². The SMILES string of the molecule is Cc1oc(-c2cccs2)nc1CC(=O)N[C@@H]1CCOc2ccccc21. The molecule has 0 radical (unpaired) electrons. The third-order valence-corrected chi connectivity index (χ3v) is 5.10. The Bertz CT molecular complexity index is 886. The van der Waals surface area contributed by atoms with E-state index >= 15 is 0 Å². The molecule has 128 valence electrons. The summed E-state index contributed by atoms with van der Waals surface area (Å²) in [4.78, 5) is 18.0. The Morgan fingerprint density at radius 3 is 3.04 bits per heavy atom. The molecule has 1 N–H and O–H groups in total. The molecule has 0 saturated heterocycles. The number of nitrogens with zero attached hydrogens (tertiary/aromatic N) is 1. The maximum absolute atomic E-state index is 12.5. The number of carbonyl (C=O) groups is 1. The first kappa shape index (κ1) is 15.9. The van der Waals surface area contributed by atoms with Crippen LogP contribution in [0.2, 0.25) is 0 Å². The molecule has 1 aliphatic heterocycles. The number of nitrogens with one attached hydrogen (secondary N) is 1. The van der Waals surface area contributed by atoms with Crippen LogP contribution < -0.4 is 10.1 Å². The van der Waals surface area contributed by atoms with Crippen molar-refractivity contribution in [3.8, 4) is 16.5 Å². The highest BCUT2D eigenvalue weighted by molar-refractivity contribution is 7.13. The van der Waals surface area contributed by atoms with Crippen molar-refractivity contribution < 1.29 is 13.9 Å². The molecule has 1 aliphatic rings. The number of para-hydroxylation sites is 1. The molecule has 5 nitrogen and oxygen atoms in total. The summed E-state index contributed by atoms with van der Waals surface area (Å²) in [6.45, 7) is 2.45. The van der Waals surface area contributed by atoms with Crippen molar-refractivity contribution in [2.24, 2.45) is 0 Å². The zero-order chi connectivity index (χ0) is 17.2. The van der Waals surface area contributed by atoms with E-state index in [9.17, 15) is 4.79 Å². The van der Waals surface area contributed by atoms with Crippen molar-refractivity contribution in [1.82, 2.24) is 10.3 Å². The minimum Gasteiger partial charge on any atom is -0.493 e. The molecule has 0 bridgehead atoms. The molecule has 1 aromatic carbocycles. The van der Waals surface area contributed by atoms with Gasteiger partial charge in [-0.3, -0.25) is 4.79 Å². The van der Waals surface area contributed by atoms with Crippen molar-refractivity contribution in [2.75, 3.05) is 6.61 Å². The van der Waals surface area contributed by atoms with E-state index in [2.05, 4.69) is 10.3 Å². The van der Waals surface area contributed by atoms with E-state index in [0.29, 0.717) is 24.0 Å². The van der Waals surface area contributed by atoms with Crippen molar-refractivity contribution in [1.29, 1.82) is 0 Å². The largest absolute Gasteiger partial charge is 0.493 e. The zero-order valence-electron chi connectivity index (χ0n) is 13.8. The molecule has 0 fully saturated rings. The van der Waals surface area contributed by atoms with Crippen LogP contribution in [0.1, 0.15) is 29.5 Å². The number of hydrogen-bond donors (Lipinski definition) is 1. The minimum absolute atomic E-state index is 0.0265. The Kier molecular flexibility index (Phi) is 4.28. The van der Waals surface area contributed by atoms with E-state index in [1.807, 2.05) is 48.7 Å². The average molecular weight is 354 g/mol. The summed E-state index contributed by atoms with van der Waals surface area (Å²) in [6, 6.07) is 11.7. The fourth-order valence-electron chi connectivity index (χ4n) is 2.99. The fourth-order valence-corrected chi connectivity index (χ4v) is 3.64. The van der Waals surface area contributed by atoms with Crippen LogP contribution in [0.5, 0.6) is 5.75 Å². The summed E-state index contributed by atoms with van der Waals surface area (Å²) < 4.78 is 11.3. The number of aryl methyl sites for hydroxylation is 1. The number of aromatic nitrogens is 1. The topological polar surface area (TPSA) is 64.4 Å². The van der Waals surface area contributed by atoms with Gasteiger partial charge in [0.2, 0.25) is 11.8 Å². The molecule has 3 heterocycles. The van der Waals surface area contributed by atoms with Crippen LogP contribution in [-0.4, -0.2) is 17.5 Å². The quantitative estimate of drug-likeness (QED) is 0.772. The first-order chi connectivity index (χ1) is 12.2. The molecular weight excluding hydrogens is 336 g/mol. The number of hydrogen-bond acceptors (Lipinski definition) is 5. The summed E-state index contributed by atoms with van der Waals surface area (Å²) >= 11 is 1.57. The molecule has 0 unspecified atom stereocenters. The molecule has 0 spiro atoms. The van der Waals surface area contributed by atoms with Crippen molar-refractivity contribution in [3.05, 3.63) is 58.8 Å². The molecule has 25 heavy (non-hydrogen) atoms. The van der Waals surface area contributed by atoms with Crippen LogP contribution in [0.25, 0.3) is 10.8 Å². The standard InChI is InChI=1S/C19H18N2O3S/c1-12-15(21-19(24-12)17-7-4-10-25-17)11-18(22)20-14-8-9-23-16-6-3-2-5-13(14)16/h2-7,10,14H,8-9,11H2,1H3,(H,20,22)/t14-/m1/s1. The van der Waals surface area contributed by atoms with Crippen molar-refractivity contribution >= 4 is 17.2 Å². The second-order valence-corrected chi connectivity index (χ2v) is 6.92. The monoisotopic (exact) mass is 354 g/mol. The van der Waals surface area contributed by atoms with E-state index in [1.165, 1.54) is 0 Å². The predicted octanol–water partition coefficient (Wildman–Crippen LogP) is 3.89. The Morgan fingerprint density at radius 1 is 1.32 bits per heavy atom. The molecule has 2 aromatic heterocycles. The van der Waals surface area contributed by atoms with Crippen LogP contribution in [0.15, 0.2) is 46.2 Å². The van der Waals surface area contributed by atoms with Crippen LogP contribution in [0.3, 0.4) is 0 Å². The van der Waals surface area contributed by atoms with Gasteiger partial charge in [0, 0.05) is 12.0 Å². The number of carbonyl (C=O) groups excluding carboxylic acids is 1. The molecule has 1 atom stereocenters. The van der Waals surface area contributed by atoms with E-state index in [0.717, 1.165) is 22.6 Å². The van der Waals surface area contributed by atoms with E-state index in [4.69, 9.17) is 9.15 Å². The summed E-state index contributed by atoms with van der Waals surface area (Å²) in [5.74, 6) is 2.05. The van der Waals surface area contributed by atoms with Crippen LogP contribution in [0, 0.1) is 6.92 Å². The van der Waals surface area contributed by atoms with Gasteiger partial charge < -0.3 is 14.5 Å². The van der Waals surface area contributed by atoms with Crippen LogP contribution >= 0.6 is 11.3 Å². The third-order valence-electron chi connectivity index (χ3n) is 4.25. The van der Waals surface area contributed by atoms with Gasteiger partial charge in [-0.05, 0) is 24.4 Å². The average Bonchev–Trinajstić information content (AvgIpc) is 3.26. The predicted molar refractivity (Wildman–Crippen MR) is 95.7 cm³/mol. The molecule has 0 saturated carbocycles. The second kappa shape index (κ2) is 6.72. The maximum Gasteiger partial charge on any atom is 0.236 e. The van der Waals surface area contributed by atoms with Crippen molar-refractivity contribution in [3.63, 3.8) is 0 Å². The Morgan fingerprint density at radius 2 is 2.20 bits per heavy atom. The molecule has 6 heteroatoms. The van der Waals surface area contributed by atoms with Gasteiger partial charge in [0.15, 0.2) is 0 Å². The normalized spacial score (nSPS) is 16.1. The molecule has 0 aliphatic carbocycles. The summed E-state index contributed by atoms with van der Waals surface area (Å²) in [7, 11) is 0. The molecule has 4 rings (SSSR count). The lowest BCUT2D eigenvalue weighted by molar-refractivity contribution is -0.121. The first-order valence-electron chi connectivity index (χ1n) is 8.22. The highest BCUT2D eigenvalue weighted by Crippen LogP contribution is 2.31. The number of amides is 1. The van der Waals surface area contributed by atoms with E-state index in [1.54, 1.807) is 11.3 Å². The number of rotatable bonds is 4. The summed E-state index contributed by atoms with van der Waals surface area (Å²) in [5, 5.41) is 5.07. The number of oxazole rings is 1. The molecular formula is C19H18N2O3S. The van der Waals surface area contributed by atoms with E-state index in [-0.39, 0.29) is 18.4 Å². The van der Waals surface area contributed by atoms with Crippen molar-refractivity contribution in [2.45, 2.75) is 25.8 Å². The molecule has 3 aromatic rings. The lowest BCUT2D eigenvalue weighted by atomic mass is 10.0. The van der Waals surface area contributed by atoms with E-state index < -0.39 is 0 Å². The number of benzene rings is 1. The van der Waals surface area contributed by atoms with Gasteiger partial charge in [-0.1, -0.05) is 24.3 Å². The van der Waals surface area contributed by atoms with Crippen LogP contribution in [-0.2, 0) is 11.2 Å². The Hall–Kier alpha value is -2.60. The number of fused-ring (bicyclic) bond motifs is 1. The Balaban J connectivity index is 1.47. The van der Waals surface area contributed by atoms with Gasteiger partial charge in [0.05, 0.1) is 29.6 Å². The van der Waals surface area contributed by atoms with Gasteiger partial charge in [0.1, 0.15) is 11.5 Å². The minimum atomic E-state index is -0.0594. The highest BCUT2D eigenvalue weighted by Gasteiger charge is 2.23. The zero-order valence-corrected chi connectivity index (χ0v) is 14.6. The van der Waals surface area contributed by atoms with Crippen LogP contribution in [0.4, 0.5) is 0 Å². The maximum atomic E-state index is 12.5. The summed E-state index contributed by atoms with van der Waals surface area (Å²) in [5.41, 5.74) is 1.71. The number of thiophene rings is 1. The molecule has 1 amide bonds. The summed E-state index contributed by atoms with van der Waals surface area (Å²) in [6.07, 6.45) is 0.973. The number of ether oxygens (including phenoxy) is 1. The van der Waals surface area contributed by atoms with Gasteiger partial charge in [-0.25, -0.2) is 4.98 Å². The van der Waals surface area contributed by atoms with Gasteiger partial charge in [-0.15, -0.1) is 11.3 Å². The smallest absolute Gasteiger partial charge is 0.236 e. The highest BCUT2D eigenvalue weighted by atomic mass is 32.1. The van der Waals surface area contributed by atoms with Gasteiger partial charge in [-0.2, -0.15) is 0 Å². The Labute approximate surface area is 149 Å². The fraction of sp³-hybridized carbons (Fsp3) is 0.263. The third kappa shape index (κ3) is 3.30.